The minimum Gasteiger partial charge on any atom is -0.493 e. The monoisotopic (exact) mass is 365 g/mol. The number of aromatic nitrogens is 2. The summed E-state index contributed by atoms with van der Waals surface area (Å²) in [4.78, 5) is 2.50. The number of nitrogens with one attached hydrogen (secondary N) is 1. The molecule has 4 rings (SSSR count). The molecule has 0 aliphatic carbocycles. The molecule has 0 radical (unpaired) electrons. The van der Waals surface area contributed by atoms with Crippen molar-refractivity contribution in [3.63, 3.8) is 0 Å². The van der Waals surface area contributed by atoms with E-state index in [4.69, 9.17) is 4.74 Å². The Morgan fingerprint density at radius 3 is 2.74 bits per heavy atom. The van der Waals surface area contributed by atoms with Crippen molar-refractivity contribution in [1.29, 1.82) is 0 Å². The molecule has 140 valence electrons. The second-order valence-corrected chi connectivity index (χ2v) is 6.98. The van der Waals surface area contributed by atoms with Crippen molar-refractivity contribution in [2.75, 3.05) is 13.2 Å². The number of benzene rings is 2. The molecular weight excluding hydrogens is 341 g/mol. The Balaban J connectivity index is 1.33. The van der Waals surface area contributed by atoms with Crippen LogP contribution in [0.2, 0.25) is 0 Å². The highest BCUT2D eigenvalue weighted by Crippen LogP contribution is 2.32. The van der Waals surface area contributed by atoms with Gasteiger partial charge in [-0.3, -0.25) is 10.00 Å². The van der Waals surface area contributed by atoms with Gasteiger partial charge in [-0.05, 0) is 55.3 Å². The molecule has 5 heteroatoms. The van der Waals surface area contributed by atoms with Gasteiger partial charge in [-0.2, -0.15) is 5.10 Å². The van der Waals surface area contributed by atoms with Crippen LogP contribution in [0.1, 0.15) is 35.8 Å². The zero-order valence-corrected chi connectivity index (χ0v) is 15.3. The van der Waals surface area contributed by atoms with E-state index in [-0.39, 0.29) is 5.82 Å². The van der Waals surface area contributed by atoms with Gasteiger partial charge >= 0.3 is 0 Å². The summed E-state index contributed by atoms with van der Waals surface area (Å²) in [6.07, 6.45) is 3.09. The number of likely N-dealkylation sites (tertiary alicyclic amines) is 1. The topological polar surface area (TPSA) is 41.1 Å². The molecule has 1 N–H and O–H groups in total. The fraction of sp³-hybridized carbons (Fsp3) is 0.318. The van der Waals surface area contributed by atoms with Crippen molar-refractivity contribution in [2.24, 2.45) is 0 Å². The molecule has 0 spiro atoms. The SMILES string of the molecule is Fc1ccc(OCCc2cc([C@H]3CCCN3Cc3ccccc3)n[nH]2)cc1. The summed E-state index contributed by atoms with van der Waals surface area (Å²) >= 11 is 0. The summed E-state index contributed by atoms with van der Waals surface area (Å²) in [6, 6.07) is 19.2. The van der Waals surface area contributed by atoms with Crippen LogP contribution >= 0.6 is 0 Å². The average Bonchev–Trinajstić information content (AvgIpc) is 3.33. The van der Waals surface area contributed by atoms with Gasteiger partial charge in [0, 0.05) is 18.7 Å². The molecule has 0 unspecified atom stereocenters. The Kier molecular flexibility index (Phi) is 5.49. The highest BCUT2D eigenvalue weighted by Gasteiger charge is 2.27. The summed E-state index contributed by atoms with van der Waals surface area (Å²) in [5.41, 5.74) is 3.52. The lowest BCUT2D eigenvalue weighted by molar-refractivity contribution is 0.244. The van der Waals surface area contributed by atoms with E-state index in [2.05, 4.69) is 51.5 Å². The van der Waals surface area contributed by atoms with Crippen molar-refractivity contribution in [1.82, 2.24) is 15.1 Å². The first-order valence-electron chi connectivity index (χ1n) is 9.48. The van der Waals surface area contributed by atoms with Crippen molar-refractivity contribution in [3.8, 4) is 5.75 Å². The molecular formula is C22H24FN3O. The van der Waals surface area contributed by atoms with Crippen LogP contribution < -0.4 is 4.74 Å². The number of halogens is 1. The van der Waals surface area contributed by atoms with Crippen LogP contribution in [-0.4, -0.2) is 28.2 Å². The van der Waals surface area contributed by atoms with Crippen LogP contribution in [0.3, 0.4) is 0 Å². The summed E-state index contributed by atoms with van der Waals surface area (Å²) in [5, 5.41) is 7.70. The second kappa shape index (κ2) is 8.35. The highest BCUT2D eigenvalue weighted by molar-refractivity contribution is 5.22. The molecule has 2 aromatic carbocycles. The predicted molar refractivity (Wildman–Crippen MR) is 103 cm³/mol. The quantitative estimate of drug-likeness (QED) is 0.670. The number of aromatic amines is 1. The second-order valence-electron chi connectivity index (χ2n) is 6.98. The summed E-state index contributed by atoms with van der Waals surface area (Å²) in [7, 11) is 0. The van der Waals surface area contributed by atoms with Crippen molar-refractivity contribution >= 4 is 0 Å². The summed E-state index contributed by atoms with van der Waals surface area (Å²) in [5.74, 6) is 0.429. The Hall–Kier alpha value is -2.66. The van der Waals surface area contributed by atoms with Crippen molar-refractivity contribution < 1.29 is 9.13 Å². The van der Waals surface area contributed by atoms with Crippen LogP contribution in [0.25, 0.3) is 0 Å². The van der Waals surface area contributed by atoms with Crippen LogP contribution in [0.15, 0.2) is 60.7 Å². The maximum atomic E-state index is 12.9. The van der Waals surface area contributed by atoms with Gasteiger partial charge in [0.2, 0.25) is 0 Å². The first kappa shape index (κ1) is 17.7. The predicted octanol–water partition coefficient (Wildman–Crippen LogP) is 4.51. The third-order valence-electron chi connectivity index (χ3n) is 5.04. The Morgan fingerprint density at radius 1 is 1.11 bits per heavy atom. The maximum absolute atomic E-state index is 12.9. The van der Waals surface area contributed by atoms with Crippen LogP contribution in [0.5, 0.6) is 5.75 Å². The standard InChI is InChI=1S/C22H24FN3O/c23-18-8-10-20(11-9-18)27-14-12-19-15-21(25-24-19)22-7-4-13-26(22)16-17-5-2-1-3-6-17/h1-3,5-6,8-11,15,22H,4,7,12-14,16H2,(H,24,25)/t22-/m1/s1. The lowest BCUT2D eigenvalue weighted by Gasteiger charge is -2.22. The number of ether oxygens (including phenoxy) is 1. The molecule has 1 saturated heterocycles. The third kappa shape index (κ3) is 4.55. The number of rotatable bonds is 7. The molecule has 3 aromatic rings. The van der Waals surface area contributed by atoms with Gasteiger partial charge in [0.1, 0.15) is 11.6 Å². The number of nitrogens with zero attached hydrogens (tertiary/aromatic N) is 2. The van der Waals surface area contributed by atoms with Crippen LogP contribution in [0.4, 0.5) is 4.39 Å². The van der Waals surface area contributed by atoms with E-state index in [1.807, 2.05) is 0 Å². The molecule has 0 saturated carbocycles. The van der Waals surface area contributed by atoms with E-state index in [1.54, 1.807) is 12.1 Å². The van der Waals surface area contributed by atoms with Gasteiger partial charge in [-0.25, -0.2) is 4.39 Å². The molecule has 1 atom stereocenters. The highest BCUT2D eigenvalue weighted by atomic mass is 19.1. The molecule has 27 heavy (non-hydrogen) atoms. The average molecular weight is 365 g/mol. The normalized spacial score (nSPS) is 17.3. The van der Waals surface area contributed by atoms with Crippen LogP contribution in [-0.2, 0) is 13.0 Å². The van der Waals surface area contributed by atoms with E-state index >= 15 is 0 Å². The smallest absolute Gasteiger partial charge is 0.123 e. The summed E-state index contributed by atoms with van der Waals surface area (Å²) in [6.45, 7) is 2.60. The largest absolute Gasteiger partial charge is 0.493 e. The van der Waals surface area contributed by atoms with Gasteiger partial charge in [0.25, 0.3) is 0 Å². The van der Waals surface area contributed by atoms with E-state index in [0.29, 0.717) is 18.4 Å². The first-order valence-corrected chi connectivity index (χ1v) is 9.48. The lowest BCUT2D eigenvalue weighted by Crippen LogP contribution is -2.23. The van der Waals surface area contributed by atoms with Crippen LogP contribution in [0, 0.1) is 5.82 Å². The summed E-state index contributed by atoms with van der Waals surface area (Å²) < 4.78 is 18.6. The Labute approximate surface area is 159 Å². The molecule has 1 fully saturated rings. The fourth-order valence-electron chi connectivity index (χ4n) is 3.66. The van der Waals surface area contributed by atoms with E-state index in [1.165, 1.54) is 24.1 Å². The van der Waals surface area contributed by atoms with Gasteiger partial charge < -0.3 is 4.74 Å². The minimum atomic E-state index is -0.253. The van der Waals surface area contributed by atoms with Gasteiger partial charge in [-0.1, -0.05) is 30.3 Å². The molecule has 1 aliphatic heterocycles. The van der Waals surface area contributed by atoms with Crippen molar-refractivity contribution in [3.05, 3.63) is 83.4 Å². The van der Waals surface area contributed by atoms with Gasteiger partial charge in [-0.15, -0.1) is 0 Å². The first-order chi connectivity index (χ1) is 13.3. The number of hydrogen-bond acceptors (Lipinski definition) is 3. The molecule has 4 nitrogen and oxygen atoms in total. The zero-order chi connectivity index (χ0) is 18.5. The minimum absolute atomic E-state index is 0.253. The number of hydrogen-bond donors (Lipinski definition) is 1. The third-order valence-corrected chi connectivity index (χ3v) is 5.04. The molecule has 2 heterocycles. The van der Waals surface area contributed by atoms with Gasteiger partial charge in [0.05, 0.1) is 18.3 Å². The Morgan fingerprint density at radius 2 is 1.93 bits per heavy atom. The van der Waals surface area contributed by atoms with E-state index < -0.39 is 0 Å². The molecule has 0 bridgehead atoms. The number of H-pyrrole nitrogens is 1. The Bertz CT molecular complexity index is 848. The maximum Gasteiger partial charge on any atom is 0.123 e. The molecule has 0 amide bonds. The molecule has 1 aliphatic rings. The lowest BCUT2D eigenvalue weighted by atomic mass is 10.1. The van der Waals surface area contributed by atoms with Gasteiger partial charge in [0.15, 0.2) is 0 Å². The zero-order valence-electron chi connectivity index (χ0n) is 15.3. The van der Waals surface area contributed by atoms with E-state index in [9.17, 15) is 4.39 Å². The van der Waals surface area contributed by atoms with Crippen molar-refractivity contribution in [2.45, 2.75) is 31.8 Å². The van der Waals surface area contributed by atoms with E-state index in [0.717, 1.165) is 37.3 Å². The molecule has 1 aromatic heterocycles. The fourth-order valence-corrected chi connectivity index (χ4v) is 3.66.